The standard InChI is InChI=1S/C14H14ClNO2/c15-12-7-10(13-17-4-5-18-13)6-11(8-12)14(9-16)2-1-3-14/h6-8,13H,1-5H2. The molecule has 1 aromatic rings. The Labute approximate surface area is 111 Å². The summed E-state index contributed by atoms with van der Waals surface area (Å²) in [4.78, 5) is 0. The topological polar surface area (TPSA) is 42.2 Å². The highest BCUT2D eigenvalue weighted by molar-refractivity contribution is 6.30. The van der Waals surface area contributed by atoms with Crippen molar-refractivity contribution in [2.24, 2.45) is 0 Å². The van der Waals surface area contributed by atoms with Crippen LogP contribution in [0.5, 0.6) is 0 Å². The van der Waals surface area contributed by atoms with Crippen molar-refractivity contribution in [3.8, 4) is 6.07 Å². The predicted molar refractivity (Wildman–Crippen MR) is 67.2 cm³/mol. The van der Waals surface area contributed by atoms with Gasteiger partial charge in [0.1, 0.15) is 0 Å². The van der Waals surface area contributed by atoms with Gasteiger partial charge in [-0.15, -0.1) is 0 Å². The van der Waals surface area contributed by atoms with E-state index in [1.54, 1.807) is 0 Å². The molecule has 0 bridgehead atoms. The normalized spacial score (nSPS) is 22.4. The highest BCUT2D eigenvalue weighted by atomic mass is 35.5. The molecular weight excluding hydrogens is 250 g/mol. The van der Waals surface area contributed by atoms with Gasteiger partial charge in [-0.25, -0.2) is 0 Å². The van der Waals surface area contributed by atoms with E-state index >= 15 is 0 Å². The maximum Gasteiger partial charge on any atom is 0.184 e. The minimum absolute atomic E-state index is 0.335. The maximum absolute atomic E-state index is 9.38. The molecule has 3 nitrogen and oxygen atoms in total. The van der Waals surface area contributed by atoms with Crippen molar-refractivity contribution in [1.82, 2.24) is 0 Å². The molecule has 0 radical (unpaired) electrons. The van der Waals surface area contributed by atoms with Gasteiger partial charge in [0.05, 0.1) is 24.7 Å². The fourth-order valence-electron chi connectivity index (χ4n) is 2.57. The first-order valence-electron chi connectivity index (χ1n) is 6.19. The molecule has 0 atom stereocenters. The van der Waals surface area contributed by atoms with Crippen LogP contribution in [0.2, 0.25) is 5.02 Å². The lowest BCUT2D eigenvalue weighted by atomic mass is 9.65. The Morgan fingerprint density at radius 2 is 1.94 bits per heavy atom. The monoisotopic (exact) mass is 263 g/mol. The Bertz CT molecular complexity index is 499. The van der Waals surface area contributed by atoms with Gasteiger partial charge in [0, 0.05) is 10.6 Å². The zero-order valence-corrected chi connectivity index (χ0v) is 10.7. The number of nitrogens with zero attached hydrogens (tertiary/aromatic N) is 1. The molecule has 94 valence electrons. The summed E-state index contributed by atoms with van der Waals surface area (Å²) < 4.78 is 11.0. The number of rotatable bonds is 2. The van der Waals surface area contributed by atoms with Crippen molar-refractivity contribution in [1.29, 1.82) is 5.26 Å². The summed E-state index contributed by atoms with van der Waals surface area (Å²) in [6, 6.07) is 8.18. The fourth-order valence-corrected chi connectivity index (χ4v) is 2.81. The van der Waals surface area contributed by atoms with Gasteiger partial charge in [0.15, 0.2) is 6.29 Å². The molecular formula is C14H14ClNO2. The zero-order valence-electron chi connectivity index (χ0n) is 9.99. The van der Waals surface area contributed by atoms with Crippen molar-refractivity contribution in [3.05, 3.63) is 34.3 Å². The lowest BCUT2D eigenvalue weighted by Gasteiger charge is -2.36. The average Bonchev–Trinajstić information content (AvgIpc) is 2.81. The van der Waals surface area contributed by atoms with E-state index in [4.69, 9.17) is 21.1 Å². The van der Waals surface area contributed by atoms with Gasteiger partial charge in [0.25, 0.3) is 0 Å². The van der Waals surface area contributed by atoms with Crippen LogP contribution in [0.3, 0.4) is 0 Å². The molecule has 1 aliphatic carbocycles. The molecule has 4 heteroatoms. The van der Waals surface area contributed by atoms with Gasteiger partial charge < -0.3 is 9.47 Å². The van der Waals surface area contributed by atoms with E-state index < -0.39 is 0 Å². The van der Waals surface area contributed by atoms with Crippen LogP contribution in [0, 0.1) is 11.3 Å². The third-order valence-electron chi connectivity index (χ3n) is 3.79. The number of hydrogen-bond acceptors (Lipinski definition) is 3. The molecule has 1 aliphatic heterocycles. The first-order valence-corrected chi connectivity index (χ1v) is 6.57. The summed E-state index contributed by atoms with van der Waals surface area (Å²) in [7, 11) is 0. The summed E-state index contributed by atoms with van der Waals surface area (Å²) in [6.45, 7) is 1.21. The Balaban J connectivity index is 1.98. The molecule has 1 saturated carbocycles. The molecule has 0 aromatic heterocycles. The molecule has 0 unspecified atom stereocenters. The Kier molecular flexibility index (Phi) is 3.03. The molecule has 2 fully saturated rings. The number of nitriles is 1. The van der Waals surface area contributed by atoms with E-state index in [1.807, 2.05) is 18.2 Å². The largest absolute Gasteiger partial charge is 0.346 e. The molecule has 1 heterocycles. The van der Waals surface area contributed by atoms with Crippen LogP contribution < -0.4 is 0 Å². The van der Waals surface area contributed by atoms with Crippen molar-refractivity contribution < 1.29 is 9.47 Å². The smallest absolute Gasteiger partial charge is 0.184 e. The van der Waals surface area contributed by atoms with E-state index in [0.717, 1.165) is 30.4 Å². The first kappa shape index (κ1) is 12.0. The highest BCUT2D eigenvalue weighted by Gasteiger charge is 2.39. The van der Waals surface area contributed by atoms with E-state index in [9.17, 15) is 5.26 Å². The SMILES string of the molecule is N#CC1(c2cc(Cl)cc(C3OCCO3)c2)CCC1. The van der Waals surface area contributed by atoms with Gasteiger partial charge in [-0.05, 0) is 43.0 Å². The van der Waals surface area contributed by atoms with E-state index in [2.05, 4.69) is 6.07 Å². The molecule has 0 N–H and O–H groups in total. The Morgan fingerprint density at radius 3 is 2.50 bits per heavy atom. The average molecular weight is 264 g/mol. The lowest BCUT2D eigenvalue weighted by Crippen LogP contribution is -2.32. The number of halogens is 1. The van der Waals surface area contributed by atoms with Crippen LogP contribution in [0.15, 0.2) is 18.2 Å². The van der Waals surface area contributed by atoms with Crippen LogP contribution in [0.1, 0.15) is 36.7 Å². The van der Waals surface area contributed by atoms with Crippen LogP contribution in [-0.4, -0.2) is 13.2 Å². The third kappa shape index (κ3) is 1.91. The fraction of sp³-hybridized carbons (Fsp3) is 0.500. The van der Waals surface area contributed by atoms with Crippen LogP contribution >= 0.6 is 11.6 Å². The quantitative estimate of drug-likeness (QED) is 0.822. The van der Waals surface area contributed by atoms with Crippen LogP contribution in [0.25, 0.3) is 0 Å². The number of hydrogen-bond donors (Lipinski definition) is 0. The van der Waals surface area contributed by atoms with Crippen molar-refractivity contribution in [3.63, 3.8) is 0 Å². The van der Waals surface area contributed by atoms with Crippen LogP contribution in [0.4, 0.5) is 0 Å². The van der Waals surface area contributed by atoms with Gasteiger partial charge >= 0.3 is 0 Å². The maximum atomic E-state index is 9.38. The van der Waals surface area contributed by atoms with E-state index in [1.165, 1.54) is 0 Å². The van der Waals surface area contributed by atoms with E-state index in [-0.39, 0.29) is 11.7 Å². The molecule has 3 rings (SSSR count). The minimum atomic E-state index is -0.349. The molecule has 1 saturated heterocycles. The Hall–Kier alpha value is -1.08. The second kappa shape index (κ2) is 4.55. The van der Waals surface area contributed by atoms with Crippen molar-refractivity contribution in [2.75, 3.05) is 13.2 Å². The summed E-state index contributed by atoms with van der Waals surface area (Å²) in [5, 5.41) is 10.0. The van der Waals surface area contributed by atoms with Gasteiger partial charge in [-0.3, -0.25) is 0 Å². The summed E-state index contributed by atoms with van der Waals surface area (Å²) in [5.41, 5.74) is 1.56. The van der Waals surface area contributed by atoms with Crippen molar-refractivity contribution >= 4 is 11.6 Å². The summed E-state index contributed by atoms with van der Waals surface area (Å²) in [6.07, 6.45) is 2.59. The second-order valence-electron chi connectivity index (χ2n) is 4.89. The summed E-state index contributed by atoms with van der Waals surface area (Å²) >= 11 is 6.15. The highest BCUT2D eigenvalue weighted by Crippen LogP contribution is 2.44. The van der Waals surface area contributed by atoms with Crippen LogP contribution in [-0.2, 0) is 14.9 Å². The molecule has 2 aliphatic rings. The number of benzene rings is 1. The van der Waals surface area contributed by atoms with Gasteiger partial charge in [0.2, 0.25) is 0 Å². The molecule has 18 heavy (non-hydrogen) atoms. The zero-order chi connectivity index (χ0) is 12.6. The van der Waals surface area contributed by atoms with Crippen molar-refractivity contribution in [2.45, 2.75) is 31.0 Å². The second-order valence-corrected chi connectivity index (χ2v) is 5.33. The molecule has 1 aromatic carbocycles. The Morgan fingerprint density at radius 1 is 1.22 bits per heavy atom. The number of ether oxygens (including phenoxy) is 2. The minimum Gasteiger partial charge on any atom is -0.346 e. The summed E-state index contributed by atoms with van der Waals surface area (Å²) in [5.74, 6) is 0. The molecule has 0 spiro atoms. The van der Waals surface area contributed by atoms with E-state index in [0.29, 0.717) is 18.2 Å². The molecule has 0 amide bonds. The predicted octanol–water partition coefficient (Wildman–Crippen LogP) is 3.33. The first-order chi connectivity index (χ1) is 8.73. The van der Waals surface area contributed by atoms with Gasteiger partial charge in [-0.1, -0.05) is 11.6 Å². The van der Waals surface area contributed by atoms with Gasteiger partial charge in [-0.2, -0.15) is 5.26 Å². The lowest BCUT2D eigenvalue weighted by molar-refractivity contribution is -0.0442. The third-order valence-corrected chi connectivity index (χ3v) is 4.01.